The predicted molar refractivity (Wildman–Crippen MR) is 60.7 cm³/mol. The fourth-order valence-corrected chi connectivity index (χ4v) is 1.33. The van der Waals surface area contributed by atoms with Crippen LogP contribution >= 0.6 is 23.2 Å². The molecule has 2 nitrogen and oxygen atoms in total. The van der Waals surface area contributed by atoms with Gasteiger partial charge in [0.25, 0.3) is 0 Å². The standard InChI is InChI=1S/C11H8Cl2O2/c12-4-2-1-3-8-5-10(13)6-9(7-14)11(8)15/h5-7,15H,2,4H2. The summed E-state index contributed by atoms with van der Waals surface area (Å²) in [6, 6.07) is 2.89. The molecule has 15 heavy (non-hydrogen) atoms. The van der Waals surface area contributed by atoms with Crippen molar-refractivity contribution in [2.45, 2.75) is 6.42 Å². The second-order valence-corrected chi connectivity index (χ2v) is 3.56. The number of aromatic hydroxyl groups is 1. The highest BCUT2D eigenvalue weighted by Gasteiger charge is 2.06. The van der Waals surface area contributed by atoms with Crippen LogP contribution in [0.25, 0.3) is 0 Å². The van der Waals surface area contributed by atoms with Crippen molar-refractivity contribution in [3.63, 3.8) is 0 Å². The molecule has 1 N–H and O–H groups in total. The third-order valence-corrected chi connectivity index (χ3v) is 2.08. The summed E-state index contributed by atoms with van der Waals surface area (Å²) in [6.07, 6.45) is 1.05. The van der Waals surface area contributed by atoms with Crippen LogP contribution in [0.15, 0.2) is 12.1 Å². The van der Waals surface area contributed by atoms with Gasteiger partial charge < -0.3 is 5.11 Å². The Kier molecular flexibility index (Phi) is 4.48. The van der Waals surface area contributed by atoms with E-state index < -0.39 is 0 Å². The van der Waals surface area contributed by atoms with Crippen LogP contribution < -0.4 is 0 Å². The number of alkyl halides is 1. The number of hydrogen-bond donors (Lipinski definition) is 1. The summed E-state index contributed by atoms with van der Waals surface area (Å²) in [5.41, 5.74) is 0.479. The van der Waals surface area contributed by atoms with E-state index in [2.05, 4.69) is 11.8 Å². The average molecular weight is 243 g/mol. The van der Waals surface area contributed by atoms with Gasteiger partial charge in [-0.3, -0.25) is 4.79 Å². The van der Waals surface area contributed by atoms with Gasteiger partial charge in [0.15, 0.2) is 6.29 Å². The van der Waals surface area contributed by atoms with Crippen LogP contribution in [0.3, 0.4) is 0 Å². The quantitative estimate of drug-likeness (QED) is 0.492. The number of benzene rings is 1. The minimum atomic E-state index is -0.142. The van der Waals surface area contributed by atoms with Crippen molar-refractivity contribution in [1.29, 1.82) is 0 Å². The van der Waals surface area contributed by atoms with Crippen LogP contribution in [0, 0.1) is 11.8 Å². The molecule has 0 saturated heterocycles. The van der Waals surface area contributed by atoms with Crippen molar-refractivity contribution in [2.24, 2.45) is 0 Å². The molecule has 0 amide bonds. The lowest BCUT2D eigenvalue weighted by atomic mass is 10.1. The smallest absolute Gasteiger partial charge is 0.153 e. The molecule has 0 spiro atoms. The topological polar surface area (TPSA) is 37.3 Å². The summed E-state index contributed by atoms with van der Waals surface area (Å²) in [4.78, 5) is 10.6. The molecule has 0 unspecified atom stereocenters. The van der Waals surface area contributed by atoms with E-state index in [4.69, 9.17) is 23.2 Å². The first-order valence-electron chi connectivity index (χ1n) is 4.21. The number of halogens is 2. The molecule has 1 aromatic rings. The van der Waals surface area contributed by atoms with E-state index in [1.165, 1.54) is 12.1 Å². The lowest BCUT2D eigenvalue weighted by molar-refractivity contribution is 0.112. The average Bonchev–Trinajstić information content (AvgIpc) is 2.23. The summed E-state index contributed by atoms with van der Waals surface area (Å²) in [5, 5.41) is 9.95. The zero-order valence-corrected chi connectivity index (χ0v) is 9.27. The van der Waals surface area contributed by atoms with Gasteiger partial charge in [-0.2, -0.15) is 0 Å². The van der Waals surface area contributed by atoms with Gasteiger partial charge in [-0.15, -0.1) is 11.6 Å². The molecule has 0 aromatic heterocycles. The molecule has 0 bridgehead atoms. The Morgan fingerprint density at radius 1 is 1.47 bits per heavy atom. The van der Waals surface area contributed by atoms with E-state index in [0.717, 1.165) is 0 Å². The first kappa shape index (κ1) is 11.9. The summed E-state index contributed by atoms with van der Waals surface area (Å²) in [5.74, 6) is 5.74. The monoisotopic (exact) mass is 242 g/mol. The van der Waals surface area contributed by atoms with Crippen molar-refractivity contribution in [3.05, 3.63) is 28.3 Å². The van der Waals surface area contributed by atoms with Crippen LogP contribution in [0.1, 0.15) is 22.3 Å². The molecular formula is C11H8Cl2O2. The number of carbonyl (C=O) groups is 1. The van der Waals surface area contributed by atoms with Gasteiger partial charge in [0.1, 0.15) is 5.75 Å². The Bertz CT molecular complexity index is 430. The molecule has 0 aliphatic rings. The summed E-state index contributed by atoms with van der Waals surface area (Å²) >= 11 is 11.2. The number of phenolic OH excluding ortho intramolecular Hbond substituents is 1. The van der Waals surface area contributed by atoms with Gasteiger partial charge in [0, 0.05) is 17.3 Å². The van der Waals surface area contributed by atoms with E-state index in [1.807, 2.05) is 0 Å². The Morgan fingerprint density at radius 3 is 2.80 bits per heavy atom. The Labute approximate surface area is 97.8 Å². The molecule has 0 radical (unpaired) electrons. The van der Waals surface area contributed by atoms with Crippen LogP contribution in [0.4, 0.5) is 0 Å². The van der Waals surface area contributed by atoms with Crippen molar-refractivity contribution in [3.8, 4) is 17.6 Å². The molecule has 0 saturated carbocycles. The van der Waals surface area contributed by atoms with Gasteiger partial charge in [0.05, 0.1) is 11.1 Å². The van der Waals surface area contributed by atoms with Crippen molar-refractivity contribution >= 4 is 29.5 Å². The molecule has 0 fully saturated rings. The fraction of sp³-hybridized carbons (Fsp3) is 0.182. The Balaban J connectivity index is 3.13. The van der Waals surface area contributed by atoms with E-state index in [0.29, 0.717) is 29.2 Å². The minimum Gasteiger partial charge on any atom is -0.506 e. The number of rotatable bonds is 2. The minimum absolute atomic E-state index is 0.137. The predicted octanol–water partition coefficient (Wildman–Crippen LogP) is 2.84. The maximum Gasteiger partial charge on any atom is 0.153 e. The summed E-state index contributed by atoms with van der Waals surface area (Å²) < 4.78 is 0. The maximum absolute atomic E-state index is 10.6. The van der Waals surface area contributed by atoms with Crippen molar-refractivity contribution < 1.29 is 9.90 Å². The van der Waals surface area contributed by atoms with Crippen LogP contribution in [-0.4, -0.2) is 17.3 Å². The summed E-state index contributed by atoms with van der Waals surface area (Å²) in [7, 11) is 0. The number of aldehydes is 1. The highest BCUT2D eigenvalue weighted by atomic mass is 35.5. The maximum atomic E-state index is 10.6. The molecular weight excluding hydrogens is 235 g/mol. The molecule has 1 rings (SSSR count). The SMILES string of the molecule is O=Cc1cc(Cl)cc(C#CCCCl)c1O. The number of phenols is 1. The summed E-state index contributed by atoms with van der Waals surface area (Å²) in [6.45, 7) is 0. The normalized spacial score (nSPS) is 9.20. The third-order valence-electron chi connectivity index (χ3n) is 1.67. The number of hydrogen-bond acceptors (Lipinski definition) is 2. The van der Waals surface area contributed by atoms with Gasteiger partial charge in [0.2, 0.25) is 0 Å². The van der Waals surface area contributed by atoms with Crippen molar-refractivity contribution in [2.75, 3.05) is 5.88 Å². The second kappa shape index (κ2) is 5.65. The first-order valence-corrected chi connectivity index (χ1v) is 5.12. The van der Waals surface area contributed by atoms with Gasteiger partial charge in [-0.25, -0.2) is 0 Å². The first-order chi connectivity index (χ1) is 7.19. The zero-order chi connectivity index (χ0) is 11.3. The van der Waals surface area contributed by atoms with Gasteiger partial charge >= 0.3 is 0 Å². The molecule has 0 aliphatic heterocycles. The van der Waals surface area contributed by atoms with Crippen LogP contribution in [-0.2, 0) is 0 Å². The molecule has 0 heterocycles. The molecule has 1 aromatic carbocycles. The molecule has 0 atom stereocenters. The van der Waals surface area contributed by atoms with E-state index in [9.17, 15) is 9.90 Å². The largest absolute Gasteiger partial charge is 0.506 e. The lowest BCUT2D eigenvalue weighted by Crippen LogP contribution is -1.86. The van der Waals surface area contributed by atoms with Gasteiger partial charge in [-0.05, 0) is 12.1 Å². The molecule has 4 heteroatoms. The third kappa shape index (κ3) is 3.16. The second-order valence-electron chi connectivity index (χ2n) is 2.75. The number of carbonyl (C=O) groups excluding carboxylic acids is 1. The van der Waals surface area contributed by atoms with Crippen LogP contribution in [0.2, 0.25) is 5.02 Å². The Hall–Kier alpha value is -1.17. The molecule has 0 aliphatic carbocycles. The Morgan fingerprint density at radius 2 is 2.20 bits per heavy atom. The zero-order valence-electron chi connectivity index (χ0n) is 7.76. The van der Waals surface area contributed by atoms with Crippen molar-refractivity contribution in [1.82, 2.24) is 0 Å². The molecule has 78 valence electrons. The van der Waals surface area contributed by atoms with E-state index in [1.54, 1.807) is 0 Å². The van der Waals surface area contributed by atoms with E-state index >= 15 is 0 Å². The lowest BCUT2D eigenvalue weighted by Gasteiger charge is -2.01. The van der Waals surface area contributed by atoms with Crippen LogP contribution in [0.5, 0.6) is 5.75 Å². The van der Waals surface area contributed by atoms with E-state index in [-0.39, 0.29) is 11.3 Å². The highest BCUT2D eigenvalue weighted by molar-refractivity contribution is 6.31. The fourth-order valence-electron chi connectivity index (χ4n) is 1.01. The van der Waals surface area contributed by atoms with Gasteiger partial charge in [-0.1, -0.05) is 23.4 Å². The highest BCUT2D eigenvalue weighted by Crippen LogP contribution is 2.25.